The van der Waals surface area contributed by atoms with Crippen LogP contribution in [-0.4, -0.2) is 64.2 Å². The lowest BCUT2D eigenvalue weighted by atomic mass is 10.2. The normalized spacial score (nSPS) is 16.3. The van der Waals surface area contributed by atoms with Gasteiger partial charge in [0.05, 0.1) is 5.69 Å². The second-order valence-corrected chi connectivity index (χ2v) is 6.39. The highest BCUT2D eigenvalue weighted by molar-refractivity contribution is 5.76. The van der Waals surface area contributed by atoms with Gasteiger partial charge in [0.15, 0.2) is 0 Å². The molecule has 0 saturated carbocycles. The Labute approximate surface area is 137 Å². The number of carbonyl (C=O) groups excluding carboxylic acids is 2. The largest absolute Gasteiger partial charge is 0.339 e. The molecule has 0 aromatic carbocycles. The molecule has 1 N–H and O–H groups in total. The fraction of sp³-hybridized carbons (Fsp3) is 0.688. The van der Waals surface area contributed by atoms with Crippen LogP contribution in [0.3, 0.4) is 0 Å². The summed E-state index contributed by atoms with van der Waals surface area (Å²) < 4.78 is 1.98. The standard InChI is InChI=1S/C16H27N5O2/c1-12(11-21-14(3)9-13(2)18-21)10-17-16(23)20-7-5-19(6-8-20)15(4)22/h9,12H,5-8,10-11H2,1-4H3,(H,17,23)/t12-/m1/s1. The monoisotopic (exact) mass is 321 g/mol. The summed E-state index contributed by atoms with van der Waals surface area (Å²) in [7, 11) is 0. The van der Waals surface area contributed by atoms with E-state index in [-0.39, 0.29) is 11.9 Å². The minimum Gasteiger partial charge on any atom is -0.339 e. The number of piperazine rings is 1. The molecule has 7 nitrogen and oxygen atoms in total. The van der Waals surface area contributed by atoms with Crippen LogP contribution in [0.2, 0.25) is 0 Å². The molecule has 1 aliphatic heterocycles. The van der Waals surface area contributed by atoms with Gasteiger partial charge in [0.1, 0.15) is 0 Å². The zero-order valence-electron chi connectivity index (χ0n) is 14.5. The Morgan fingerprint density at radius 1 is 1.22 bits per heavy atom. The highest BCUT2D eigenvalue weighted by Gasteiger charge is 2.22. The summed E-state index contributed by atoms with van der Waals surface area (Å²) in [5.74, 6) is 0.374. The smallest absolute Gasteiger partial charge is 0.317 e. The van der Waals surface area contributed by atoms with Gasteiger partial charge in [0.25, 0.3) is 0 Å². The Morgan fingerprint density at radius 2 is 1.83 bits per heavy atom. The van der Waals surface area contributed by atoms with Crippen LogP contribution < -0.4 is 5.32 Å². The minimum atomic E-state index is -0.0478. The number of urea groups is 1. The molecular formula is C16H27N5O2. The maximum atomic E-state index is 12.2. The molecule has 2 rings (SSSR count). The molecule has 7 heteroatoms. The minimum absolute atomic E-state index is 0.0478. The third kappa shape index (κ3) is 4.71. The molecule has 1 saturated heterocycles. The predicted octanol–water partition coefficient (Wildman–Crippen LogP) is 1.01. The summed E-state index contributed by atoms with van der Waals surface area (Å²) in [5, 5.41) is 7.43. The average molecular weight is 321 g/mol. The molecule has 0 aliphatic carbocycles. The summed E-state index contributed by atoms with van der Waals surface area (Å²) in [5.41, 5.74) is 2.16. The van der Waals surface area contributed by atoms with Crippen molar-refractivity contribution < 1.29 is 9.59 Å². The third-order valence-corrected chi connectivity index (χ3v) is 4.20. The number of amides is 3. The van der Waals surface area contributed by atoms with Crippen LogP contribution in [0.5, 0.6) is 0 Å². The zero-order valence-corrected chi connectivity index (χ0v) is 14.5. The zero-order chi connectivity index (χ0) is 17.0. The summed E-state index contributed by atoms with van der Waals surface area (Å²) in [4.78, 5) is 27.0. The Bertz CT molecular complexity index is 561. The van der Waals surface area contributed by atoms with E-state index in [1.807, 2.05) is 18.5 Å². The number of nitrogens with one attached hydrogen (secondary N) is 1. The van der Waals surface area contributed by atoms with Crippen LogP contribution in [0, 0.1) is 19.8 Å². The lowest BCUT2D eigenvalue weighted by molar-refractivity contribution is -0.130. The van der Waals surface area contributed by atoms with Gasteiger partial charge in [-0.3, -0.25) is 9.48 Å². The molecule has 1 aromatic rings. The molecule has 3 amide bonds. The molecule has 0 spiro atoms. The first-order chi connectivity index (χ1) is 10.9. The van der Waals surface area contributed by atoms with Gasteiger partial charge in [-0.2, -0.15) is 5.10 Å². The molecule has 0 bridgehead atoms. The molecule has 1 fully saturated rings. The van der Waals surface area contributed by atoms with E-state index in [0.29, 0.717) is 38.6 Å². The number of rotatable bonds is 4. The van der Waals surface area contributed by atoms with Gasteiger partial charge in [-0.05, 0) is 25.8 Å². The van der Waals surface area contributed by atoms with Crippen LogP contribution >= 0.6 is 0 Å². The van der Waals surface area contributed by atoms with E-state index >= 15 is 0 Å². The van der Waals surface area contributed by atoms with Gasteiger partial charge < -0.3 is 15.1 Å². The molecule has 0 radical (unpaired) electrons. The van der Waals surface area contributed by atoms with Crippen molar-refractivity contribution in [2.75, 3.05) is 32.7 Å². The molecule has 128 valence electrons. The van der Waals surface area contributed by atoms with Crippen LogP contribution in [0.25, 0.3) is 0 Å². The average Bonchev–Trinajstić information content (AvgIpc) is 2.82. The number of aryl methyl sites for hydroxylation is 2. The van der Waals surface area contributed by atoms with Gasteiger partial charge in [0.2, 0.25) is 5.91 Å². The highest BCUT2D eigenvalue weighted by atomic mass is 16.2. The molecule has 2 heterocycles. The lowest BCUT2D eigenvalue weighted by Gasteiger charge is -2.34. The Morgan fingerprint density at radius 3 is 2.35 bits per heavy atom. The van der Waals surface area contributed by atoms with E-state index in [1.54, 1.807) is 16.7 Å². The number of aromatic nitrogens is 2. The van der Waals surface area contributed by atoms with Crippen molar-refractivity contribution in [3.8, 4) is 0 Å². The van der Waals surface area contributed by atoms with E-state index in [9.17, 15) is 9.59 Å². The van der Waals surface area contributed by atoms with Crippen molar-refractivity contribution in [1.29, 1.82) is 0 Å². The maximum absolute atomic E-state index is 12.2. The van der Waals surface area contributed by atoms with Gasteiger partial charge in [-0.1, -0.05) is 6.92 Å². The fourth-order valence-corrected chi connectivity index (χ4v) is 2.82. The third-order valence-electron chi connectivity index (χ3n) is 4.20. The van der Waals surface area contributed by atoms with Crippen LogP contribution in [-0.2, 0) is 11.3 Å². The van der Waals surface area contributed by atoms with E-state index in [2.05, 4.69) is 23.4 Å². The first kappa shape index (κ1) is 17.3. The van der Waals surface area contributed by atoms with Crippen molar-refractivity contribution in [1.82, 2.24) is 24.9 Å². The van der Waals surface area contributed by atoms with Crippen molar-refractivity contribution in [3.63, 3.8) is 0 Å². The van der Waals surface area contributed by atoms with Gasteiger partial charge in [-0.15, -0.1) is 0 Å². The number of hydrogen-bond donors (Lipinski definition) is 1. The Hall–Kier alpha value is -2.05. The van der Waals surface area contributed by atoms with Gasteiger partial charge in [0, 0.05) is 51.9 Å². The molecule has 1 aromatic heterocycles. The van der Waals surface area contributed by atoms with Crippen LogP contribution in [0.15, 0.2) is 6.07 Å². The Kier molecular flexibility index (Phi) is 5.63. The summed E-state index contributed by atoms with van der Waals surface area (Å²) in [6, 6.07) is 2.01. The maximum Gasteiger partial charge on any atom is 0.317 e. The summed E-state index contributed by atoms with van der Waals surface area (Å²) >= 11 is 0. The fourth-order valence-electron chi connectivity index (χ4n) is 2.82. The summed E-state index contributed by atoms with van der Waals surface area (Å²) in [6.45, 7) is 11.5. The molecule has 23 heavy (non-hydrogen) atoms. The topological polar surface area (TPSA) is 70.5 Å². The quantitative estimate of drug-likeness (QED) is 0.900. The Balaban J connectivity index is 1.74. The van der Waals surface area contributed by atoms with E-state index in [4.69, 9.17) is 0 Å². The molecule has 0 unspecified atom stereocenters. The van der Waals surface area contributed by atoms with E-state index in [0.717, 1.165) is 17.9 Å². The highest BCUT2D eigenvalue weighted by Crippen LogP contribution is 2.07. The van der Waals surface area contributed by atoms with Crippen LogP contribution in [0.4, 0.5) is 4.79 Å². The molecular weight excluding hydrogens is 294 g/mol. The SMILES string of the molecule is CC(=O)N1CCN(C(=O)NC[C@@H](C)Cn2nc(C)cc2C)CC1. The van der Waals surface area contributed by atoms with Crippen molar-refractivity contribution in [2.24, 2.45) is 5.92 Å². The van der Waals surface area contributed by atoms with E-state index < -0.39 is 0 Å². The van der Waals surface area contributed by atoms with E-state index in [1.165, 1.54) is 0 Å². The first-order valence-corrected chi connectivity index (χ1v) is 8.16. The van der Waals surface area contributed by atoms with Gasteiger partial charge in [-0.25, -0.2) is 4.79 Å². The first-order valence-electron chi connectivity index (χ1n) is 8.16. The number of nitrogens with zero attached hydrogens (tertiary/aromatic N) is 4. The predicted molar refractivity (Wildman–Crippen MR) is 88.1 cm³/mol. The second-order valence-electron chi connectivity index (χ2n) is 6.39. The number of hydrogen-bond acceptors (Lipinski definition) is 3. The summed E-state index contributed by atoms with van der Waals surface area (Å²) in [6.07, 6.45) is 0. The second kappa shape index (κ2) is 7.48. The molecule has 1 atom stereocenters. The van der Waals surface area contributed by atoms with Crippen LogP contribution in [0.1, 0.15) is 25.2 Å². The number of carbonyl (C=O) groups is 2. The van der Waals surface area contributed by atoms with Gasteiger partial charge >= 0.3 is 6.03 Å². The van der Waals surface area contributed by atoms with Crippen molar-refractivity contribution >= 4 is 11.9 Å². The van der Waals surface area contributed by atoms with Crippen molar-refractivity contribution in [2.45, 2.75) is 34.2 Å². The van der Waals surface area contributed by atoms with Crippen molar-refractivity contribution in [3.05, 3.63) is 17.5 Å². The lowest BCUT2D eigenvalue weighted by Crippen LogP contribution is -2.53. The molecule has 1 aliphatic rings.